The van der Waals surface area contributed by atoms with Crippen molar-refractivity contribution < 1.29 is 0 Å². The molecule has 0 fully saturated rings. The zero-order valence-corrected chi connectivity index (χ0v) is 10.7. The maximum Gasteiger partial charge on any atom is 0.0404 e. The number of hydrogen-bond acceptors (Lipinski definition) is 2. The van der Waals surface area contributed by atoms with Crippen LogP contribution in [-0.4, -0.2) is 18.3 Å². The molecule has 1 aromatic rings. The Morgan fingerprint density at radius 3 is 3.00 bits per heavy atom. The number of fused-ring (bicyclic) bond motifs is 1. The lowest BCUT2D eigenvalue weighted by Gasteiger charge is -2.37. The van der Waals surface area contributed by atoms with Gasteiger partial charge in [0.25, 0.3) is 0 Å². The normalized spacial score (nSPS) is 19.4. The fraction of sp³-hybridized carbons (Fsp3) is 0.429. The van der Waals surface area contributed by atoms with Crippen LogP contribution in [0.25, 0.3) is 0 Å². The minimum atomic E-state index is 0.603. The summed E-state index contributed by atoms with van der Waals surface area (Å²) in [7, 11) is 0. The van der Waals surface area contributed by atoms with Crippen LogP contribution in [0.5, 0.6) is 0 Å². The van der Waals surface area contributed by atoms with Crippen LogP contribution >= 0.6 is 12.6 Å². The van der Waals surface area contributed by atoms with Crippen LogP contribution in [0.15, 0.2) is 36.4 Å². The van der Waals surface area contributed by atoms with Gasteiger partial charge >= 0.3 is 0 Å². The zero-order chi connectivity index (χ0) is 11.5. The second-order valence-corrected chi connectivity index (χ2v) is 4.87. The van der Waals surface area contributed by atoms with Gasteiger partial charge in [-0.3, -0.25) is 0 Å². The molecule has 0 N–H and O–H groups in total. The third-order valence-corrected chi connectivity index (χ3v) is 3.73. The van der Waals surface area contributed by atoms with E-state index in [-0.39, 0.29) is 0 Å². The van der Waals surface area contributed by atoms with Crippen molar-refractivity contribution in [3.05, 3.63) is 42.0 Å². The molecule has 0 amide bonds. The van der Waals surface area contributed by atoms with E-state index >= 15 is 0 Å². The fourth-order valence-corrected chi connectivity index (χ4v) is 2.39. The highest BCUT2D eigenvalue weighted by Crippen LogP contribution is 2.30. The number of hydrogen-bond donors (Lipinski definition) is 1. The van der Waals surface area contributed by atoms with Crippen LogP contribution in [0.4, 0.5) is 5.69 Å². The molecule has 0 aliphatic carbocycles. The van der Waals surface area contributed by atoms with E-state index in [4.69, 9.17) is 0 Å². The van der Waals surface area contributed by atoms with Gasteiger partial charge < -0.3 is 4.90 Å². The summed E-state index contributed by atoms with van der Waals surface area (Å²) in [5, 5.41) is 0. The number of thiol groups is 1. The third kappa shape index (κ3) is 2.27. The monoisotopic (exact) mass is 233 g/mol. The van der Waals surface area contributed by atoms with Gasteiger partial charge in [-0.25, -0.2) is 0 Å². The van der Waals surface area contributed by atoms with Gasteiger partial charge in [0.05, 0.1) is 0 Å². The molecule has 0 spiro atoms. The molecule has 1 aliphatic heterocycles. The predicted molar refractivity (Wildman–Crippen MR) is 74.6 cm³/mol. The number of benzene rings is 1. The van der Waals surface area contributed by atoms with Crippen molar-refractivity contribution in [2.24, 2.45) is 0 Å². The smallest absolute Gasteiger partial charge is 0.0404 e. The van der Waals surface area contributed by atoms with E-state index in [1.54, 1.807) is 0 Å². The Balaban J connectivity index is 2.26. The minimum Gasteiger partial charge on any atom is -0.365 e. The van der Waals surface area contributed by atoms with Gasteiger partial charge in [-0.1, -0.05) is 24.8 Å². The summed E-state index contributed by atoms with van der Waals surface area (Å²) in [6, 6.07) is 9.30. The van der Waals surface area contributed by atoms with Crippen LogP contribution < -0.4 is 4.90 Å². The minimum absolute atomic E-state index is 0.603. The van der Waals surface area contributed by atoms with Crippen molar-refractivity contribution in [1.82, 2.24) is 0 Å². The van der Waals surface area contributed by atoms with Gasteiger partial charge in [0.1, 0.15) is 0 Å². The molecule has 1 aliphatic rings. The SMILES string of the molecule is C=C(CS)CN1c2ccccc2CCC1C. The van der Waals surface area contributed by atoms with Gasteiger partial charge in [0.2, 0.25) is 0 Å². The Morgan fingerprint density at radius 1 is 1.50 bits per heavy atom. The Hall–Kier alpha value is -0.890. The second kappa shape index (κ2) is 4.96. The molecular weight excluding hydrogens is 214 g/mol. The summed E-state index contributed by atoms with van der Waals surface area (Å²) in [5.41, 5.74) is 4.03. The maximum atomic E-state index is 4.29. The van der Waals surface area contributed by atoms with Crippen LogP contribution in [0, 0.1) is 0 Å². The van der Waals surface area contributed by atoms with E-state index in [0.717, 1.165) is 12.3 Å². The molecule has 1 unspecified atom stereocenters. The molecule has 2 heteroatoms. The van der Waals surface area contributed by atoms with Crippen molar-refractivity contribution in [3.63, 3.8) is 0 Å². The van der Waals surface area contributed by atoms with Crippen molar-refractivity contribution in [2.45, 2.75) is 25.8 Å². The Bertz CT molecular complexity index is 386. The van der Waals surface area contributed by atoms with E-state index in [9.17, 15) is 0 Å². The molecule has 1 nitrogen and oxygen atoms in total. The van der Waals surface area contributed by atoms with Gasteiger partial charge in [-0.15, -0.1) is 0 Å². The maximum absolute atomic E-state index is 4.29. The van der Waals surface area contributed by atoms with Crippen LogP contribution in [0.1, 0.15) is 18.9 Å². The first kappa shape index (κ1) is 11.6. The molecule has 1 atom stereocenters. The summed E-state index contributed by atoms with van der Waals surface area (Å²) < 4.78 is 0. The largest absolute Gasteiger partial charge is 0.365 e. The standard InChI is InChI=1S/C14H19NS/c1-11(10-16)9-15-12(2)7-8-13-5-3-4-6-14(13)15/h3-6,12,16H,1,7-10H2,2H3. The Kier molecular flexibility index (Phi) is 3.59. The Labute approximate surface area is 104 Å². The van der Waals surface area contributed by atoms with Gasteiger partial charge in [0.15, 0.2) is 0 Å². The van der Waals surface area contributed by atoms with E-state index in [1.165, 1.54) is 29.7 Å². The number of anilines is 1. The van der Waals surface area contributed by atoms with E-state index in [1.807, 2.05) is 0 Å². The average molecular weight is 233 g/mol. The lowest BCUT2D eigenvalue weighted by atomic mass is 9.96. The van der Waals surface area contributed by atoms with E-state index in [0.29, 0.717) is 6.04 Å². The Morgan fingerprint density at radius 2 is 2.25 bits per heavy atom. The number of rotatable bonds is 3. The molecular formula is C14H19NS. The van der Waals surface area contributed by atoms with E-state index in [2.05, 4.69) is 55.3 Å². The first-order valence-electron chi connectivity index (χ1n) is 5.84. The topological polar surface area (TPSA) is 3.24 Å². The zero-order valence-electron chi connectivity index (χ0n) is 9.82. The van der Waals surface area contributed by atoms with Crippen molar-refractivity contribution in [2.75, 3.05) is 17.2 Å². The first-order chi connectivity index (χ1) is 7.72. The molecule has 1 aromatic carbocycles. The summed E-state index contributed by atoms with van der Waals surface area (Å²) in [5.74, 6) is 0.769. The van der Waals surface area contributed by atoms with E-state index < -0.39 is 0 Å². The van der Waals surface area contributed by atoms with Gasteiger partial charge in [-0.2, -0.15) is 12.6 Å². The lowest BCUT2D eigenvalue weighted by Crippen LogP contribution is -2.38. The highest BCUT2D eigenvalue weighted by molar-refractivity contribution is 7.80. The highest BCUT2D eigenvalue weighted by Gasteiger charge is 2.22. The summed E-state index contributed by atoms with van der Waals surface area (Å²) in [6.45, 7) is 7.28. The molecule has 1 heterocycles. The molecule has 0 saturated heterocycles. The molecule has 0 saturated carbocycles. The fourth-order valence-electron chi connectivity index (χ4n) is 2.29. The molecule has 2 rings (SSSR count). The third-order valence-electron chi connectivity index (χ3n) is 3.28. The lowest BCUT2D eigenvalue weighted by molar-refractivity contribution is 0.577. The number of nitrogens with zero attached hydrogens (tertiary/aromatic N) is 1. The quantitative estimate of drug-likeness (QED) is 0.619. The van der Waals surface area contributed by atoms with Crippen molar-refractivity contribution in [1.29, 1.82) is 0 Å². The molecule has 0 aromatic heterocycles. The highest BCUT2D eigenvalue weighted by atomic mass is 32.1. The number of aryl methyl sites for hydroxylation is 1. The predicted octanol–water partition coefficient (Wildman–Crippen LogP) is 3.31. The van der Waals surface area contributed by atoms with Crippen LogP contribution in [0.3, 0.4) is 0 Å². The summed E-state index contributed by atoms with van der Waals surface area (Å²) in [4.78, 5) is 2.46. The molecule has 86 valence electrons. The average Bonchev–Trinajstić information content (AvgIpc) is 2.32. The van der Waals surface area contributed by atoms with Crippen molar-refractivity contribution >= 4 is 18.3 Å². The second-order valence-electron chi connectivity index (χ2n) is 4.55. The molecule has 16 heavy (non-hydrogen) atoms. The van der Waals surface area contributed by atoms with Crippen LogP contribution in [-0.2, 0) is 6.42 Å². The number of para-hydroxylation sites is 1. The van der Waals surface area contributed by atoms with Gasteiger partial charge in [-0.05, 0) is 37.0 Å². The van der Waals surface area contributed by atoms with Crippen LogP contribution in [0.2, 0.25) is 0 Å². The first-order valence-corrected chi connectivity index (χ1v) is 6.47. The molecule has 0 bridgehead atoms. The summed E-state index contributed by atoms with van der Waals surface area (Å²) >= 11 is 4.29. The van der Waals surface area contributed by atoms with Crippen molar-refractivity contribution in [3.8, 4) is 0 Å². The molecule has 0 radical (unpaired) electrons. The van der Waals surface area contributed by atoms with Gasteiger partial charge in [0, 0.05) is 24.0 Å². The summed E-state index contributed by atoms with van der Waals surface area (Å²) in [6.07, 6.45) is 2.43.